The summed E-state index contributed by atoms with van der Waals surface area (Å²) in [6.45, 7) is 2.26. The van der Waals surface area contributed by atoms with Crippen molar-refractivity contribution in [2.24, 2.45) is 5.92 Å². The van der Waals surface area contributed by atoms with E-state index < -0.39 is 0 Å². The van der Waals surface area contributed by atoms with Crippen LogP contribution in [-0.4, -0.2) is 6.04 Å². The molecule has 1 aliphatic carbocycles. The molecule has 1 N–H and O–H groups in total. The smallest absolute Gasteiger partial charge is 0.0653 e. The molecule has 0 radical (unpaired) electrons. The zero-order valence-electron chi connectivity index (χ0n) is 11.2. The van der Waals surface area contributed by atoms with Crippen LogP contribution in [-0.2, 0) is 0 Å². The van der Waals surface area contributed by atoms with E-state index in [0.29, 0.717) is 21.1 Å². The number of rotatable bonds is 4. The largest absolute Gasteiger partial charge is 0.381 e. The molecule has 0 heterocycles. The molecule has 1 saturated carbocycles. The van der Waals surface area contributed by atoms with E-state index in [-0.39, 0.29) is 0 Å². The van der Waals surface area contributed by atoms with Gasteiger partial charge in [0.1, 0.15) is 0 Å². The molecule has 1 fully saturated rings. The Morgan fingerprint density at radius 3 is 2.26 bits per heavy atom. The van der Waals surface area contributed by atoms with Gasteiger partial charge < -0.3 is 5.32 Å². The summed E-state index contributed by atoms with van der Waals surface area (Å²) in [7, 11) is 0. The molecule has 2 rings (SSSR count). The van der Waals surface area contributed by atoms with Crippen molar-refractivity contribution < 1.29 is 0 Å². The van der Waals surface area contributed by atoms with Crippen molar-refractivity contribution in [2.45, 2.75) is 51.5 Å². The van der Waals surface area contributed by atoms with Gasteiger partial charge in [0.15, 0.2) is 0 Å². The molecule has 0 spiro atoms. The van der Waals surface area contributed by atoms with E-state index in [2.05, 4.69) is 12.2 Å². The van der Waals surface area contributed by atoms with Crippen molar-refractivity contribution in [2.75, 3.05) is 5.32 Å². The Bertz CT molecular complexity index is 426. The molecular weight excluding hydrogens is 301 g/mol. The SMILES string of the molecule is CCCC1CCC(Nc2cc(Cl)c(Cl)cc2Cl)CC1. The molecule has 0 unspecified atom stereocenters. The standard InChI is InChI=1S/C15H20Cl3N/c1-2-3-10-4-6-11(7-5-10)19-15-9-13(17)12(16)8-14(15)18/h8-11,19H,2-7H2,1H3. The number of halogens is 3. The van der Waals surface area contributed by atoms with Gasteiger partial charge in [0.05, 0.1) is 20.8 Å². The van der Waals surface area contributed by atoms with Gasteiger partial charge in [0, 0.05) is 6.04 Å². The Hall–Kier alpha value is -0.110. The van der Waals surface area contributed by atoms with Crippen LogP contribution in [0, 0.1) is 5.92 Å². The fraction of sp³-hybridized carbons (Fsp3) is 0.600. The van der Waals surface area contributed by atoms with E-state index >= 15 is 0 Å². The van der Waals surface area contributed by atoms with Crippen molar-refractivity contribution in [1.29, 1.82) is 0 Å². The topological polar surface area (TPSA) is 12.0 Å². The second-order valence-electron chi connectivity index (χ2n) is 5.40. The third-order valence-corrected chi connectivity index (χ3v) is 4.95. The average molecular weight is 321 g/mol. The maximum atomic E-state index is 6.19. The van der Waals surface area contributed by atoms with Gasteiger partial charge in [-0.25, -0.2) is 0 Å². The van der Waals surface area contributed by atoms with Crippen LogP contribution in [0.5, 0.6) is 0 Å². The zero-order valence-corrected chi connectivity index (χ0v) is 13.5. The lowest BCUT2D eigenvalue weighted by Gasteiger charge is -2.30. The highest BCUT2D eigenvalue weighted by Crippen LogP contribution is 2.35. The molecule has 0 amide bonds. The molecule has 19 heavy (non-hydrogen) atoms. The monoisotopic (exact) mass is 319 g/mol. The van der Waals surface area contributed by atoms with E-state index in [4.69, 9.17) is 34.8 Å². The third-order valence-electron chi connectivity index (χ3n) is 3.91. The van der Waals surface area contributed by atoms with Gasteiger partial charge in [-0.1, -0.05) is 54.6 Å². The Labute approximate surface area is 130 Å². The van der Waals surface area contributed by atoms with Crippen LogP contribution in [0.15, 0.2) is 12.1 Å². The molecule has 1 nitrogen and oxygen atoms in total. The van der Waals surface area contributed by atoms with Crippen LogP contribution in [0.4, 0.5) is 5.69 Å². The molecule has 1 aromatic rings. The first-order valence-corrected chi connectivity index (χ1v) is 8.14. The van der Waals surface area contributed by atoms with Crippen LogP contribution in [0.1, 0.15) is 45.4 Å². The van der Waals surface area contributed by atoms with E-state index in [1.807, 2.05) is 6.07 Å². The summed E-state index contributed by atoms with van der Waals surface area (Å²) in [5, 5.41) is 5.20. The Kier molecular flexibility index (Phi) is 5.68. The van der Waals surface area contributed by atoms with Gasteiger partial charge in [0.25, 0.3) is 0 Å². The lowest BCUT2D eigenvalue weighted by Crippen LogP contribution is -2.26. The summed E-state index contributed by atoms with van der Waals surface area (Å²) in [6.07, 6.45) is 7.69. The second kappa shape index (κ2) is 7.06. The third kappa shape index (κ3) is 4.18. The van der Waals surface area contributed by atoms with Gasteiger partial charge in [0.2, 0.25) is 0 Å². The minimum atomic E-state index is 0.503. The van der Waals surface area contributed by atoms with Crippen molar-refractivity contribution in [3.05, 3.63) is 27.2 Å². The van der Waals surface area contributed by atoms with E-state index in [1.54, 1.807) is 6.07 Å². The molecule has 0 bridgehead atoms. The van der Waals surface area contributed by atoms with E-state index in [1.165, 1.54) is 38.5 Å². The maximum absolute atomic E-state index is 6.19. The van der Waals surface area contributed by atoms with Crippen LogP contribution < -0.4 is 5.32 Å². The summed E-state index contributed by atoms with van der Waals surface area (Å²) in [5.74, 6) is 0.910. The average Bonchev–Trinajstić information content (AvgIpc) is 2.38. The maximum Gasteiger partial charge on any atom is 0.0653 e. The number of hydrogen-bond acceptors (Lipinski definition) is 1. The molecular formula is C15H20Cl3N. The van der Waals surface area contributed by atoms with Crippen LogP contribution >= 0.6 is 34.8 Å². The Morgan fingerprint density at radius 1 is 1.00 bits per heavy atom. The van der Waals surface area contributed by atoms with E-state index in [9.17, 15) is 0 Å². The molecule has 0 aliphatic heterocycles. The summed E-state index contributed by atoms with van der Waals surface area (Å²) < 4.78 is 0. The minimum Gasteiger partial charge on any atom is -0.381 e. The highest BCUT2D eigenvalue weighted by Gasteiger charge is 2.21. The quantitative estimate of drug-likeness (QED) is 0.631. The van der Waals surface area contributed by atoms with Gasteiger partial charge >= 0.3 is 0 Å². The minimum absolute atomic E-state index is 0.503. The van der Waals surface area contributed by atoms with Crippen molar-refractivity contribution >= 4 is 40.5 Å². The number of benzene rings is 1. The first-order valence-electron chi connectivity index (χ1n) is 7.01. The lowest BCUT2D eigenvalue weighted by molar-refractivity contribution is 0.319. The predicted octanol–water partition coefficient (Wildman–Crippen LogP) is 6.42. The first kappa shape index (κ1) is 15.3. The normalized spacial score (nSPS) is 23.4. The molecule has 4 heteroatoms. The van der Waals surface area contributed by atoms with Gasteiger partial charge in [-0.05, 0) is 43.7 Å². The Balaban J connectivity index is 1.94. The molecule has 0 atom stereocenters. The highest BCUT2D eigenvalue weighted by atomic mass is 35.5. The molecule has 0 aromatic heterocycles. The van der Waals surface area contributed by atoms with Gasteiger partial charge in [-0.3, -0.25) is 0 Å². The summed E-state index contributed by atoms with van der Waals surface area (Å²) in [4.78, 5) is 0. The van der Waals surface area contributed by atoms with Crippen LogP contribution in [0.2, 0.25) is 15.1 Å². The first-order chi connectivity index (χ1) is 9.10. The molecule has 0 saturated heterocycles. The molecule has 1 aliphatic rings. The van der Waals surface area contributed by atoms with Crippen molar-refractivity contribution in [3.8, 4) is 0 Å². The second-order valence-corrected chi connectivity index (χ2v) is 6.62. The summed E-state index contributed by atoms with van der Waals surface area (Å²) >= 11 is 18.2. The van der Waals surface area contributed by atoms with E-state index in [0.717, 1.165) is 11.6 Å². The highest BCUT2D eigenvalue weighted by molar-refractivity contribution is 6.44. The predicted molar refractivity (Wildman–Crippen MR) is 85.7 cm³/mol. The lowest BCUT2D eigenvalue weighted by atomic mass is 9.83. The molecule has 106 valence electrons. The fourth-order valence-corrected chi connectivity index (χ4v) is 3.46. The van der Waals surface area contributed by atoms with Crippen LogP contribution in [0.3, 0.4) is 0 Å². The summed E-state index contributed by atoms with van der Waals surface area (Å²) in [6, 6.07) is 4.03. The fourth-order valence-electron chi connectivity index (χ4n) is 2.86. The van der Waals surface area contributed by atoms with Gasteiger partial charge in [-0.2, -0.15) is 0 Å². The number of nitrogens with one attached hydrogen (secondary N) is 1. The summed E-state index contributed by atoms with van der Waals surface area (Å²) in [5.41, 5.74) is 0.898. The molecule has 1 aromatic carbocycles. The Morgan fingerprint density at radius 2 is 1.63 bits per heavy atom. The van der Waals surface area contributed by atoms with Gasteiger partial charge in [-0.15, -0.1) is 0 Å². The van der Waals surface area contributed by atoms with Crippen LogP contribution in [0.25, 0.3) is 0 Å². The van der Waals surface area contributed by atoms with Crippen molar-refractivity contribution in [3.63, 3.8) is 0 Å². The number of anilines is 1. The zero-order chi connectivity index (χ0) is 13.8. The number of hydrogen-bond donors (Lipinski definition) is 1. The van der Waals surface area contributed by atoms with Crippen molar-refractivity contribution in [1.82, 2.24) is 0 Å².